The number of aliphatic imine (C=N–C) groups is 1. The Morgan fingerprint density at radius 2 is 1.82 bits per heavy atom. The molecule has 7 heteroatoms. The first kappa shape index (κ1) is 18.3. The summed E-state index contributed by atoms with van der Waals surface area (Å²) in [4.78, 5) is 29.8. The van der Waals surface area contributed by atoms with Crippen molar-refractivity contribution in [2.45, 2.75) is 24.9 Å². The van der Waals surface area contributed by atoms with E-state index in [2.05, 4.69) is 4.99 Å². The van der Waals surface area contributed by atoms with Crippen LogP contribution in [0, 0.1) is 5.92 Å². The average molecular weight is 381 g/mol. The number of fused-ring (bicyclic) bond motifs is 3. The normalized spacial score (nSPS) is 27.8. The van der Waals surface area contributed by atoms with Crippen LogP contribution in [0.25, 0.3) is 0 Å². The lowest BCUT2D eigenvalue weighted by Gasteiger charge is -2.31. The smallest absolute Gasteiger partial charge is 0.318 e. The fraction of sp³-hybridized carbons (Fsp3) is 0.286. The van der Waals surface area contributed by atoms with Crippen LogP contribution in [0.2, 0.25) is 0 Å². The Bertz CT molecular complexity index is 998. The number of nitrogens with zero attached hydrogens (tertiary/aromatic N) is 1. The number of aliphatic hydroxyl groups is 2. The third-order valence-corrected chi connectivity index (χ3v) is 5.37. The van der Waals surface area contributed by atoms with Gasteiger partial charge in [-0.2, -0.15) is 0 Å². The highest BCUT2D eigenvalue weighted by molar-refractivity contribution is 6.18. The maximum atomic E-state index is 12.9. The molecule has 144 valence electrons. The van der Waals surface area contributed by atoms with Crippen LogP contribution < -0.4 is 4.74 Å². The fourth-order valence-electron chi connectivity index (χ4n) is 3.95. The zero-order chi connectivity index (χ0) is 20.1. The van der Waals surface area contributed by atoms with Gasteiger partial charge in [0.05, 0.1) is 7.11 Å². The molecule has 4 rings (SSSR count). The van der Waals surface area contributed by atoms with Gasteiger partial charge in [0.1, 0.15) is 18.3 Å². The Morgan fingerprint density at radius 1 is 1.14 bits per heavy atom. The molecular weight excluding hydrogens is 362 g/mol. The maximum absolute atomic E-state index is 12.9. The van der Waals surface area contributed by atoms with E-state index in [1.165, 1.54) is 19.1 Å². The average Bonchev–Trinajstić information content (AvgIpc) is 3.01. The molecule has 7 nitrogen and oxygen atoms in total. The topological polar surface area (TPSA) is 105 Å². The summed E-state index contributed by atoms with van der Waals surface area (Å²) >= 11 is 0. The molecule has 3 atom stereocenters. The quantitative estimate of drug-likeness (QED) is 0.780. The van der Waals surface area contributed by atoms with Crippen LogP contribution in [-0.2, 0) is 21.9 Å². The van der Waals surface area contributed by atoms with Gasteiger partial charge in [-0.3, -0.25) is 14.6 Å². The largest absolute Gasteiger partial charge is 0.497 e. The Labute approximate surface area is 161 Å². The minimum atomic E-state index is -2.42. The summed E-state index contributed by atoms with van der Waals surface area (Å²) in [5, 5.41) is 22.3. The van der Waals surface area contributed by atoms with Crippen molar-refractivity contribution in [3.05, 3.63) is 65.2 Å². The van der Waals surface area contributed by atoms with Gasteiger partial charge in [-0.15, -0.1) is 0 Å². The van der Waals surface area contributed by atoms with E-state index in [1.807, 2.05) is 0 Å². The van der Waals surface area contributed by atoms with E-state index in [1.54, 1.807) is 43.5 Å². The first-order chi connectivity index (χ1) is 13.3. The van der Waals surface area contributed by atoms with Crippen LogP contribution in [0.3, 0.4) is 0 Å². The van der Waals surface area contributed by atoms with Crippen molar-refractivity contribution < 1.29 is 29.3 Å². The van der Waals surface area contributed by atoms with Gasteiger partial charge in [-0.1, -0.05) is 36.4 Å². The molecule has 0 spiro atoms. The van der Waals surface area contributed by atoms with Gasteiger partial charge < -0.3 is 19.7 Å². The number of esters is 1. The number of carbonyl (C=O) groups is 2. The number of benzene rings is 2. The van der Waals surface area contributed by atoms with Crippen LogP contribution in [0.15, 0.2) is 53.5 Å². The second-order valence-corrected chi connectivity index (χ2v) is 6.96. The molecule has 0 saturated carbocycles. The number of hydrogen-bond donors (Lipinski definition) is 2. The van der Waals surface area contributed by atoms with Gasteiger partial charge in [-0.25, -0.2) is 0 Å². The Kier molecular flexibility index (Phi) is 4.10. The van der Waals surface area contributed by atoms with Crippen molar-refractivity contribution in [3.63, 3.8) is 0 Å². The van der Waals surface area contributed by atoms with E-state index in [0.29, 0.717) is 11.3 Å². The summed E-state index contributed by atoms with van der Waals surface area (Å²) in [6.07, 6.45) is 0. The highest BCUT2D eigenvalue weighted by Crippen LogP contribution is 2.53. The molecule has 0 amide bonds. The second-order valence-electron chi connectivity index (χ2n) is 6.96. The minimum absolute atomic E-state index is 0.0533. The number of methoxy groups -OCH3 is 1. The molecule has 0 aromatic heterocycles. The van der Waals surface area contributed by atoms with Gasteiger partial charge in [0.2, 0.25) is 11.5 Å². The highest BCUT2D eigenvalue weighted by atomic mass is 16.5. The predicted octanol–water partition coefficient (Wildman–Crippen LogP) is 1.60. The van der Waals surface area contributed by atoms with Crippen LogP contribution >= 0.6 is 0 Å². The first-order valence-corrected chi connectivity index (χ1v) is 8.78. The third-order valence-electron chi connectivity index (χ3n) is 5.37. The van der Waals surface area contributed by atoms with Crippen LogP contribution in [-0.4, -0.2) is 40.4 Å². The number of Topliss-reactive ketones (excluding diaryl/α,β-unsaturated/α-hetero) is 1. The van der Waals surface area contributed by atoms with Gasteiger partial charge in [-0.05, 0) is 24.6 Å². The maximum Gasteiger partial charge on any atom is 0.318 e. The number of carbonyl (C=O) groups excluding carboxylic acids is 2. The second kappa shape index (κ2) is 6.25. The Balaban J connectivity index is 1.61. The molecule has 1 aliphatic heterocycles. The summed E-state index contributed by atoms with van der Waals surface area (Å²) in [7, 11) is 1.55. The standard InChI is InChI=1S/C21H19NO6/c1-12-17(19(24)28-11-13-7-9-14(27-2)10-8-13)20(25)18(23)15-5-3-4-6-16(15)21(20,26)22-12/h3-10,17,25-26H,11H2,1-2H3/t17?,20-,21+/m1/s1. The van der Waals surface area contributed by atoms with E-state index in [-0.39, 0.29) is 23.4 Å². The Morgan fingerprint density at radius 3 is 2.50 bits per heavy atom. The van der Waals surface area contributed by atoms with Crippen LogP contribution in [0.5, 0.6) is 5.75 Å². The lowest BCUT2D eigenvalue weighted by Crippen LogP contribution is -2.56. The molecule has 1 heterocycles. The van der Waals surface area contributed by atoms with Crippen molar-refractivity contribution in [3.8, 4) is 5.75 Å². The van der Waals surface area contributed by atoms with E-state index in [9.17, 15) is 19.8 Å². The van der Waals surface area contributed by atoms with Crippen molar-refractivity contribution in [1.29, 1.82) is 0 Å². The van der Waals surface area contributed by atoms with E-state index in [4.69, 9.17) is 9.47 Å². The molecule has 1 unspecified atom stereocenters. The number of rotatable bonds is 4. The molecule has 1 aliphatic carbocycles. The summed E-state index contributed by atoms with van der Waals surface area (Å²) in [6, 6.07) is 13.2. The Hall–Kier alpha value is -3.03. The molecular formula is C21H19NO6. The highest BCUT2D eigenvalue weighted by Gasteiger charge is 2.72. The molecule has 2 aromatic rings. The molecule has 2 N–H and O–H groups in total. The monoisotopic (exact) mass is 381 g/mol. The van der Waals surface area contributed by atoms with Crippen molar-refractivity contribution >= 4 is 17.5 Å². The molecule has 0 saturated heterocycles. The number of ketones is 1. The lowest BCUT2D eigenvalue weighted by atomic mass is 9.79. The van der Waals surface area contributed by atoms with Gasteiger partial charge >= 0.3 is 5.97 Å². The summed E-state index contributed by atoms with van der Waals surface area (Å²) in [5.74, 6) is -2.28. The van der Waals surface area contributed by atoms with E-state index < -0.39 is 29.0 Å². The number of hydrogen-bond acceptors (Lipinski definition) is 7. The summed E-state index contributed by atoms with van der Waals surface area (Å²) in [5.41, 5.74) is -3.42. The summed E-state index contributed by atoms with van der Waals surface area (Å²) in [6.45, 7) is 1.44. The van der Waals surface area contributed by atoms with Gasteiger partial charge in [0, 0.05) is 16.8 Å². The predicted molar refractivity (Wildman–Crippen MR) is 99.0 cm³/mol. The molecule has 2 aromatic carbocycles. The van der Waals surface area contributed by atoms with Crippen LogP contribution in [0.4, 0.5) is 0 Å². The molecule has 0 fully saturated rings. The van der Waals surface area contributed by atoms with Crippen molar-refractivity contribution in [2.24, 2.45) is 10.9 Å². The molecule has 2 aliphatic rings. The van der Waals surface area contributed by atoms with Crippen LogP contribution in [0.1, 0.15) is 28.4 Å². The van der Waals surface area contributed by atoms with Crippen molar-refractivity contribution in [2.75, 3.05) is 7.11 Å². The van der Waals surface area contributed by atoms with Gasteiger partial charge in [0.25, 0.3) is 0 Å². The third kappa shape index (κ3) is 2.33. The van der Waals surface area contributed by atoms with Crippen molar-refractivity contribution in [1.82, 2.24) is 0 Å². The first-order valence-electron chi connectivity index (χ1n) is 8.78. The molecule has 0 radical (unpaired) electrons. The SMILES string of the molecule is COc1ccc(COC(=O)C2C(C)=N[C@]3(O)c4ccccc4C(=O)[C@]23O)cc1. The van der Waals surface area contributed by atoms with E-state index in [0.717, 1.165) is 0 Å². The number of ether oxygens (including phenoxy) is 2. The molecule has 28 heavy (non-hydrogen) atoms. The van der Waals surface area contributed by atoms with Gasteiger partial charge in [0.15, 0.2) is 5.60 Å². The van der Waals surface area contributed by atoms with E-state index >= 15 is 0 Å². The molecule has 0 bridgehead atoms. The lowest BCUT2D eigenvalue weighted by molar-refractivity contribution is -0.166. The fourth-order valence-corrected chi connectivity index (χ4v) is 3.95. The zero-order valence-electron chi connectivity index (χ0n) is 15.4. The summed E-state index contributed by atoms with van der Waals surface area (Å²) < 4.78 is 10.4. The minimum Gasteiger partial charge on any atom is -0.497 e. The zero-order valence-corrected chi connectivity index (χ0v) is 15.4.